The first kappa shape index (κ1) is 12.7. The molecule has 0 saturated heterocycles. The van der Waals surface area contributed by atoms with Crippen LogP contribution in [0.5, 0.6) is 0 Å². The van der Waals surface area contributed by atoms with Crippen molar-refractivity contribution >= 4 is 5.97 Å². The van der Waals surface area contributed by atoms with Crippen LogP contribution in [-0.4, -0.2) is 24.5 Å². The van der Waals surface area contributed by atoms with Gasteiger partial charge in [-0.3, -0.25) is 9.69 Å². The van der Waals surface area contributed by atoms with Gasteiger partial charge in [0.05, 0.1) is 13.0 Å². The van der Waals surface area contributed by atoms with Crippen molar-refractivity contribution in [1.82, 2.24) is 10.5 Å². The highest BCUT2D eigenvalue weighted by Gasteiger charge is 2.07. The van der Waals surface area contributed by atoms with Crippen LogP contribution in [-0.2, 0) is 16.2 Å². The molecule has 0 saturated carbocycles. The Bertz CT molecular complexity index is 338. The average Bonchev–Trinajstić information content (AvgIpc) is 2.61. The van der Waals surface area contributed by atoms with Crippen molar-refractivity contribution in [3.63, 3.8) is 0 Å². The quantitative estimate of drug-likeness (QED) is 0.538. The maximum atomic E-state index is 11.0. The molecule has 0 bridgehead atoms. The van der Waals surface area contributed by atoms with Gasteiger partial charge in [-0.1, -0.05) is 5.59 Å². The molecular formula is C10H17N3O3. The van der Waals surface area contributed by atoms with Crippen LogP contribution < -0.4 is 11.4 Å². The summed E-state index contributed by atoms with van der Waals surface area (Å²) in [7, 11) is 1.90. The molecule has 1 heterocycles. The SMILES string of the molecule is Cc1ccc(CN(C)CCC(=O)ONN)o1. The molecule has 3 N–H and O–H groups in total. The molecule has 6 nitrogen and oxygen atoms in total. The summed E-state index contributed by atoms with van der Waals surface area (Å²) < 4.78 is 5.42. The van der Waals surface area contributed by atoms with Gasteiger partial charge in [-0.15, -0.1) is 0 Å². The molecule has 0 unspecified atom stereocenters. The van der Waals surface area contributed by atoms with E-state index in [0.717, 1.165) is 11.5 Å². The Labute approximate surface area is 94.3 Å². The maximum Gasteiger partial charge on any atom is 0.327 e. The average molecular weight is 227 g/mol. The van der Waals surface area contributed by atoms with Gasteiger partial charge in [0.2, 0.25) is 0 Å². The highest BCUT2D eigenvalue weighted by molar-refractivity contribution is 5.69. The molecule has 0 aliphatic carbocycles. The van der Waals surface area contributed by atoms with Crippen LogP contribution in [0.25, 0.3) is 0 Å². The Hall–Kier alpha value is -1.37. The van der Waals surface area contributed by atoms with Crippen LogP contribution in [0.4, 0.5) is 0 Å². The van der Waals surface area contributed by atoms with Gasteiger partial charge in [-0.05, 0) is 26.1 Å². The molecule has 0 aromatic carbocycles. The summed E-state index contributed by atoms with van der Waals surface area (Å²) in [6.07, 6.45) is 0.278. The number of rotatable bonds is 6. The first-order valence-corrected chi connectivity index (χ1v) is 5.01. The Morgan fingerprint density at radius 1 is 1.62 bits per heavy atom. The van der Waals surface area contributed by atoms with E-state index >= 15 is 0 Å². The Morgan fingerprint density at radius 3 is 2.94 bits per heavy atom. The third-order valence-electron chi connectivity index (χ3n) is 2.09. The van der Waals surface area contributed by atoms with Gasteiger partial charge in [0, 0.05) is 6.54 Å². The number of nitrogens with zero attached hydrogens (tertiary/aromatic N) is 1. The number of hydrogen-bond donors (Lipinski definition) is 2. The van der Waals surface area contributed by atoms with E-state index in [9.17, 15) is 4.79 Å². The van der Waals surface area contributed by atoms with Gasteiger partial charge in [0.1, 0.15) is 11.5 Å². The Kier molecular flexibility index (Phi) is 4.97. The highest BCUT2D eigenvalue weighted by atomic mass is 16.7. The van der Waals surface area contributed by atoms with Gasteiger partial charge in [0.15, 0.2) is 0 Å². The standard InChI is InChI=1S/C10H17N3O3/c1-8-3-4-9(15-8)7-13(2)6-5-10(14)16-12-11/h3-4,12H,5-7,11H2,1-2H3. The van der Waals surface area contributed by atoms with Crippen LogP contribution >= 0.6 is 0 Å². The van der Waals surface area contributed by atoms with Crippen molar-refractivity contribution in [2.24, 2.45) is 5.84 Å². The number of furan rings is 1. The number of nitrogens with two attached hydrogens (primary N) is 1. The summed E-state index contributed by atoms with van der Waals surface area (Å²) >= 11 is 0. The summed E-state index contributed by atoms with van der Waals surface area (Å²) in [5.74, 6) is 6.22. The Balaban J connectivity index is 2.25. The van der Waals surface area contributed by atoms with Crippen LogP contribution in [0.2, 0.25) is 0 Å². The van der Waals surface area contributed by atoms with Gasteiger partial charge in [-0.2, -0.15) is 0 Å². The first-order valence-electron chi connectivity index (χ1n) is 5.01. The molecule has 1 aromatic heterocycles. The maximum absolute atomic E-state index is 11.0. The Morgan fingerprint density at radius 2 is 2.38 bits per heavy atom. The number of carbonyl (C=O) groups excluding carboxylic acids is 1. The van der Waals surface area contributed by atoms with Gasteiger partial charge in [0.25, 0.3) is 0 Å². The number of aryl methyl sites for hydroxylation is 1. The molecular weight excluding hydrogens is 210 g/mol. The zero-order valence-electron chi connectivity index (χ0n) is 9.53. The fourth-order valence-electron chi connectivity index (χ4n) is 1.31. The number of nitrogens with one attached hydrogen (secondary N) is 1. The van der Waals surface area contributed by atoms with E-state index < -0.39 is 0 Å². The van der Waals surface area contributed by atoms with Crippen LogP contribution in [0, 0.1) is 6.92 Å². The lowest BCUT2D eigenvalue weighted by Crippen LogP contribution is -2.29. The van der Waals surface area contributed by atoms with E-state index in [0.29, 0.717) is 13.1 Å². The van der Waals surface area contributed by atoms with E-state index in [2.05, 4.69) is 4.84 Å². The fraction of sp³-hybridized carbons (Fsp3) is 0.500. The molecule has 6 heteroatoms. The van der Waals surface area contributed by atoms with Crippen molar-refractivity contribution in [3.05, 3.63) is 23.7 Å². The van der Waals surface area contributed by atoms with Gasteiger partial charge < -0.3 is 9.25 Å². The molecule has 1 aromatic rings. The second kappa shape index (κ2) is 6.26. The molecule has 0 aliphatic rings. The zero-order chi connectivity index (χ0) is 12.0. The van der Waals surface area contributed by atoms with E-state index in [1.54, 1.807) is 0 Å². The highest BCUT2D eigenvalue weighted by Crippen LogP contribution is 2.08. The van der Waals surface area contributed by atoms with Crippen molar-refractivity contribution in [2.45, 2.75) is 19.9 Å². The third kappa shape index (κ3) is 4.43. The van der Waals surface area contributed by atoms with Crippen molar-refractivity contribution in [1.29, 1.82) is 0 Å². The monoisotopic (exact) mass is 227 g/mol. The lowest BCUT2D eigenvalue weighted by Gasteiger charge is -2.13. The molecule has 0 radical (unpaired) electrons. The molecule has 0 aliphatic heterocycles. The number of hydrogen-bond acceptors (Lipinski definition) is 6. The summed E-state index contributed by atoms with van der Waals surface area (Å²) in [5, 5.41) is 0. The van der Waals surface area contributed by atoms with Crippen LogP contribution in [0.15, 0.2) is 16.5 Å². The van der Waals surface area contributed by atoms with E-state index in [4.69, 9.17) is 10.3 Å². The number of carbonyl (C=O) groups is 1. The smallest absolute Gasteiger partial charge is 0.327 e. The van der Waals surface area contributed by atoms with E-state index in [1.165, 1.54) is 0 Å². The predicted molar refractivity (Wildman–Crippen MR) is 57.8 cm³/mol. The van der Waals surface area contributed by atoms with Crippen molar-refractivity contribution in [3.8, 4) is 0 Å². The molecule has 90 valence electrons. The van der Waals surface area contributed by atoms with Crippen molar-refractivity contribution < 1.29 is 14.0 Å². The minimum Gasteiger partial charge on any atom is -0.465 e. The predicted octanol–water partition coefficient (Wildman–Crippen LogP) is 0.331. The molecule has 1 rings (SSSR count). The van der Waals surface area contributed by atoms with Crippen LogP contribution in [0.3, 0.4) is 0 Å². The number of hydrazine groups is 1. The first-order chi connectivity index (χ1) is 7.61. The second-order valence-corrected chi connectivity index (χ2v) is 3.59. The topological polar surface area (TPSA) is 80.7 Å². The molecule has 0 fully saturated rings. The summed E-state index contributed by atoms with van der Waals surface area (Å²) in [6, 6.07) is 3.83. The van der Waals surface area contributed by atoms with E-state index in [-0.39, 0.29) is 12.4 Å². The van der Waals surface area contributed by atoms with E-state index in [1.807, 2.05) is 36.6 Å². The summed E-state index contributed by atoms with van der Waals surface area (Å²) in [4.78, 5) is 17.3. The minimum absolute atomic E-state index is 0.278. The third-order valence-corrected chi connectivity index (χ3v) is 2.09. The van der Waals surface area contributed by atoms with Gasteiger partial charge in [-0.25, -0.2) is 5.84 Å². The molecule has 0 spiro atoms. The van der Waals surface area contributed by atoms with Crippen LogP contribution in [0.1, 0.15) is 17.9 Å². The summed E-state index contributed by atoms with van der Waals surface area (Å²) in [6.45, 7) is 3.14. The minimum atomic E-state index is -0.384. The molecule has 0 atom stereocenters. The largest absolute Gasteiger partial charge is 0.465 e. The molecule has 0 amide bonds. The lowest BCUT2D eigenvalue weighted by atomic mass is 10.3. The summed E-state index contributed by atoms with van der Waals surface area (Å²) in [5.41, 5.74) is 1.86. The molecule has 16 heavy (non-hydrogen) atoms. The second-order valence-electron chi connectivity index (χ2n) is 3.59. The lowest BCUT2D eigenvalue weighted by molar-refractivity contribution is -0.151. The van der Waals surface area contributed by atoms with Gasteiger partial charge >= 0.3 is 5.97 Å². The zero-order valence-corrected chi connectivity index (χ0v) is 9.53. The normalized spacial score (nSPS) is 10.8. The van der Waals surface area contributed by atoms with Crippen molar-refractivity contribution in [2.75, 3.05) is 13.6 Å². The fourth-order valence-corrected chi connectivity index (χ4v) is 1.31.